The first-order chi connectivity index (χ1) is 4.34. The van der Waals surface area contributed by atoms with Gasteiger partial charge in [0.25, 0.3) is 0 Å². The summed E-state index contributed by atoms with van der Waals surface area (Å²) >= 11 is 7.07. The first kappa shape index (κ1) is 6.78. The van der Waals surface area contributed by atoms with Gasteiger partial charge in [-0.25, -0.2) is 4.98 Å². The Labute approximate surface area is 63.0 Å². The second kappa shape index (κ2) is 2.99. The van der Waals surface area contributed by atoms with Gasteiger partial charge in [0.1, 0.15) is 5.01 Å². The third-order valence-electron chi connectivity index (χ3n) is 0.896. The molecule has 0 atom stereocenters. The van der Waals surface area contributed by atoms with Crippen molar-refractivity contribution in [2.45, 2.75) is 0 Å². The minimum absolute atomic E-state index is 0.466. The van der Waals surface area contributed by atoms with E-state index in [-0.39, 0.29) is 0 Å². The van der Waals surface area contributed by atoms with E-state index in [1.165, 1.54) is 0 Å². The van der Waals surface area contributed by atoms with Crippen LogP contribution in [0.15, 0.2) is 18.2 Å². The summed E-state index contributed by atoms with van der Waals surface area (Å²) in [6.45, 7) is 3.73. The Morgan fingerprint density at radius 3 is 3.11 bits per heavy atom. The van der Waals surface area contributed by atoms with Crippen molar-refractivity contribution in [2.24, 2.45) is 0 Å². The highest BCUT2D eigenvalue weighted by molar-refractivity contribution is 7.10. The Morgan fingerprint density at radius 2 is 2.67 bits per heavy atom. The molecule has 0 bridgehead atoms. The number of hydrogen-bond acceptors (Lipinski definition) is 2. The van der Waals surface area contributed by atoms with Gasteiger partial charge in [-0.2, -0.15) is 0 Å². The van der Waals surface area contributed by atoms with E-state index in [4.69, 9.17) is 11.6 Å². The van der Waals surface area contributed by atoms with Crippen molar-refractivity contribution in [1.82, 2.24) is 4.98 Å². The topological polar surface area (TPSA) is 12.9 Å². The Balaban J connectivity index is 2.77. The number of allylic oxidation sites excluding steroid dienone is 1. The van der Waals surface area contributed by atoms with Crippen molar-refractivity contribution in [2.75, 3.05) is 5.88 Å². The van der Waals surface area contributed by atoms with Crippen molar-refractivity contribution < 1.29 is 0 Å². The van der Waals surface area contributed by atoms with Crippen LogP contribution in [0.1, 0.15) is 5.01 Å². The molecule has 0 N–H and O–H groups in total. The summed E-state index contributed by atoms with van der Waals surface area (Å²) in [5, 5.41) is 2.84. The van der Waals surface area contributed by atoms with Crippen LogP contribution in [0.3, 0.4) is 0 Å². The number of hydrogen-bond donors (Lipinski definition) is 0. The van der Waals surface area contributed by atoms with Gasteiger partial charge in [0.2, 0.25) is 0 Å². The fourth-order valence-corrected chi connectivity index (χ4v) is 1.27. The molecular weight excluding hydrogens is 154 g/mol. The van der Waals surface area contributed by atoms with E-state index >= 15 is 0 Å². The van der Waals surface area contributed by atoms with Gasteiger partial charge >= 0.3 is 0 Å². The summed E-state index contributed by atoms with van der Waals surface area (Å²) in [5.41, 5.74) is 0.895. The van der Waals surface area contributed by atoms with Gasteiger partial charge in [0.15, 0.2) is 0 Å². The van der Waals surface area contributed by atoms with Crippen LogP contribution in [0.5, 0.6) is 0 Å². The van der Waals surface area contributed by atoms with Crippen LogP contribution < -0.4 is 0 Å². The zero-order valence-electron chi connectivity index (χ0n) is 4.80. The molecule has 3 heteroatoms. The van der Waals surface area contributed by atoms with E-state index < -0.39 is 0 Å². The summed E-state index contributed by atoms with van der Waals surface area (Å²) in [6, 6.07) is 0. The number of rotatable bonds is 2. The molecule has 0 saturated carbocycles. The first-order valence-corrected chi connectivity index (χ1v) is 3.89. The Bertz CT molecular complexity index is 193. The summed E-state index contributed by atoms with van der Waals surface area (Å²) in [4.78, 5) is 4.02. The standard InChI is InChI=1S/C6H6ClNS/c1-5(4-7)6-8-2-3-9-6/h2-3H,1,4H2. The molecule has 9 heavy (non-hydrogen) atoms. The quantitative estimate of drug-likeness (QED) is 0.604. The third-order valence-corrected chi connectivity index (χ3v) is 2.09. The number of thiazole rings is 1. The van der Waals surface area contributed by atoms with Gasteiger partial charge in [0, 0.05) is 17.5 Å². The molecule has 48 valence electrons. The lowest BCUT2D eigenvalue weighted by molar-refractivity contribution is 1.37. The lowest BCUT2D eigenvalue weighted by atomic mass is 10.4. The lowest BCUT2D eigenvalue weighted by Crippen LogP contribution is -1.79. The zero-order valence-corrected chi connectivity index (χ0v) is 6.37. The zero-order chi connectivity index (χ0) is 6.69. The predicted molar refractivity (Wildman–Crippen MR) is 41.9 cm³/mol. The van der Waals surface area contributed by atoms with E-state index in [0.717, 1.165) is 10.6 Å². The summed E-state index contributed by atoms with van der Waals surface area (Å²) < 4.78 is 0. The highest BCUT2D eigenvalue weighted by Gasteiger charge is 1.96. The van der Waals surface area contributed by atoms with Gasteiger partial charge in [-0.05, 0) is 5.57 Å². The normalized spacial score (nSPS) is 9.44. The molecule has 1 rings (SSSR count). The smallest absolute Gasteiger partial charge is 0.119 e. The minimum Gasteiger partial charge on any atom is -0.245 e. The molecule has 0 radical (unpaired) electrons. The highest BCUT2D eigenvalue weighted by atomic mass is 35.5. The van der Waals surface area contributed by atoms with Crippen molar-refractivity contribution in [3.8, 4) is 0 Å². The maximum Gasteiger partial charge on any atom is 0.119 e. The van der Waals surface area contributed by atoms with E-state index in [9.17, 15) is 0 Å². The van der Waals surface area contributed by atoms with Crippen LogP contribution >= 0.6 is 22.9 Å². The monoisotopic (exact) mass is 159 g/mol. The van der Waals surface area contributed by atoms with Gasteiger partial charge in [-0.1, -0.05) is 6.58 Å². The lowest BCUT2D eigenvalue weighted by Gasteiger charge is -1.90. The Hall–Kier alpha value is -0.340. The average Bonchev–Trinajstić information content (AvgIpc) is 2.37. The molecule has 0 aliphatic carbocycles. The molecule has 0 unspecified atom stereocenters. The molecular formula is C6H6ClNS. The summed E-state index contributed by atoms with van der Waals surface area (Å²) in [6.07, 6.45) is 1.75. The Morgan fingerprint density at radius 1 is 1.89 bits per heavy atom. The number of alkyl halides is 1. The van der Waals surface area contributed by atoms with Gasteiger partial charge in [0.05, 0.1) is 0 Å². The summed E-state index contributed by atoms with van der Waals surface area (Å²) in [7, 11) is 0. The second-order valence-corrected chi connectivity index (χ2v) is 2.74. The Kier molecular flexibility index (Phi) is 2.25. The maximum absolute atomic E-state index is 5.51. The van der Waals surface area contributed by atoms with Crippen LogP contribution in [0.4, 0.5) is 0 Å². The second-order valence-electron chi connectivity index (χ2n) is 1.57. The van der Waals surface area contributed by atoms with Crippen LogP contribution in [0.25, 0.3) is 5.57 Å². The molecule has 0 aromatic carbocycles. The van der Waals surface area contributed by atoms with Crippen LogP contribution in [-0.4, -0.2) is 10.9 Å². The maximum atomic E-state index is 5.51. The minimum atomic E-state index is 0.466. The molecule has 1 heterocycles. The first-order valence-electron chi connectivity index (χ1n) is 2.48. The predicted octanol–water partition coefficient (Wildman–Crippen LogP) is 2.40. The molecule has 1 nitrogen and oxygen atoms in total. The SMILES string of the molecule is C=C(CCl)c1nccs1. The third kappa shape index (κ3) is 1.53. The molecule has 0 fully saturated rings. The molecule has 0 aliphatic rings. The molecule has 0 amide bonds. The van der Waals surface area contributed by atoms with Crippen molar-refractivity contribution in [3.05, 3.63) is 23.2 Å². The highest BCUT2D eigenvalue weighted by Crippen LogP contribution is 2.15. The average molecular weight is 160 g/mol. The van der Waals surface area contributed by atoms with Gasteiger partial charge in [-0.3, -0.25) is 0 Å². The molecule has 0 spiro atoms. The largest absolute Gasteiger partial charge is 0.245 e. The van der Waals surface area contributed by atoms with E-state index in [0.29, 0.717) is 5.88 Å². The molecule has 0 aliphatic heterocycles. The number of nitrogens with zero attached hydrogens (tertiary/aromatic N) is 1. The van der Waals surface area contributed by atoms with Gasteiger partial charge in [-0.15, -0.1) is 22.9 Å². The fraction of sp³-hybridized carbons (Fsp3) is 0.167. The molecule has 0 saturated heterocycles. The van der Waals surface area contributed by atoms with E-state index in [1.807, 2.05) is 5.38 Å². The van der Waals surface area contributed by atoms with Crippen molar-refractivity contribution in [1.29, 1.82) is 0 Å². The van der Waals surface area contributed by atoms with Crippen molar-refractivity contribution >= 4 is 28.5 Å². The van der Waals surface area contributed by atoms with E-state index in [2.05, 4.69) is 11.6 Å². The molecule has 1 aromatic rings. The molecule has 1 aromatic heterocycles. The summed E-state index contributed by atoms with van der Waals surface area (Å²) in [5.74, 6) is 0.466. The van der Waals surface area contributed by atoms with Gasteiger partial charge < -0.3 is 0 Å². The number of aromatic nitrogens is 1. The van der Waals surface area contributed by atoms with Crippen LogP contribution in [0.2, 0.25) is 0 Å². The fourth-order valence-electron chi connectivity index (χ4n) is 0.455. The van der Waals surface area contributed by atoms with Crippen LogP contribution in [-0.2, 0) is 0 Å². The van der Waals surface area contributed by atoms with E-state index in [1.54, 1.807) is 17.5 Å². The van der Waals surface area contributed by atoms with Crippen LogP contribution in [0, 0.1) is 0 Å². The van der Waals surface area contributed by atoms with Crippen molar-refractivity contribution in [3.63, 3.8) is 0 Å². The number of halogens is 1.